The standard InChI is InChI=1S/C13H14F2N4O2S/c1-20-9-5-4-8(10(6-9)21-2)7-16-19-12(11(14)15)17-18-13(19)22-3/h4-7,11H,1-3H3/b16-7+. The van der Waals surface area contributed by atoms with Crippen LogP contribution in [0.5, 0.6) is 11.5 Å². The molecule has 0 fully saturated rings. The third-order valence-corrected chi connectivity index (χ3v) is 3.39. The van der Waals surface area contributed by atoms with E-state index in [-0.39, 0.29) is 5.16 Å². The smallest absolute Gasteiger partial charge is 0.299 e. The van der Waals surface area contributed by atoms with Crippen LogP contribution >= 0.6 is 11.8 Å². The molecule has 0 radical (unpaired) electrons. The molecular weight excluding hydrogens is 314 g/mol. The summed E-state index contributed by atoms with van der Waals surface area (Å²) in [5.41, 5.74) is 0.615. The quantitative estimate of drug-likeness (QED) is 0.603. The van der Waals surface area contributed by atoms with Crippen molar-refractivity contribution < 1.29 is 18.3 Å². The Morgan fingerprint density at radius 2 is 2.05 bits per heavy atom. The van der Waals surface area contributed by atoms with Gasteiger partial charge in [-0.05, 0) is 18.4 Å². The Labute approximate surface area is 130 Å². The van der Waals surface area contributed by atoms with Crippen LogP contribution in [-0.4, -0.2) is 41.6 Å². The fourth-order valence-electron chi connectivity index (χ4n) is 1.69. The number of benzene rings is 1. The van der Waals surface area contributed by atoms with Crippen LogP contribution in [0.15, 0.2) is 28.5 Å². The van der Waals surface area contributed by atoms with Gasteiger partial charge in [0.05, 0.1) is 20.4 Å². The van der Waals surface area contributed by atoms with E-state index in [1.807, 2.05) is 0 Å². The Bertz CT molecular complexity index is 676. The molecule has 118 valence electrons. The van der Waals surface area contributed by atoms with Crippen molar-refractivity contribution in [3.05, 3.63) is 29.6 Å². The number of hydrogen-bond donors (Lipinski definition) is 0. The van der Waals surface area contributed by atoms with E-state index in [9.17, 15) is 8.78 Å². The van der Waals surface area contributed by atoms with Crippen LogP contribution < -0.4 is 9.47 Å². The van der Waals surface area contributed by atoms with E-state index in [1.54, 1.807) is 31.6 Å². The largest absolute Gasteiger partial charge is 0.497 e. The summed E-state index contributed by atoms with van der Waals surface area (Å²) in [6.45, 7) is 0. The van der Waals surface area contributed by atoms with Crippen LogP contribution in [0.2, 0.25) is 0 Å². The van der Waals surface area contributed by atoms with Gasteiger partial charge in [-0.1, -0.05) is 11.8 Å². The summed E-state index contributed by atoms with van der Waals surface area (Å²) >= 11 is 1.18. The van der Waals surface area contributed by atoms with Gasteiger partial charge in [-0.25, -0.2) is 8.78 Å². The fraction of sp³-hybridized carbons (Fsp3) is 0.308. The number of hydrogen-bond acceptors (Lipinski definition) is 6. The molecule has 2 rings (SSSR count). The Hall–Kier alpha value is -2.16. The van der Waals surface area contributed by atoms with Crippen molar-refractivity contribution in [2.24, 2.45) is 5.10 Å². The maximum atomic E-state index is 12.9. The van der Waals surface area contributed by atoms with Crippen LogP contribution in [0.1, 0.15) is 17.8 Å². The number of aromatic nitrogens is 3. The predicted molar refractivity (Wildman–Crippen MR) is 79.3 cm³/mol. The van der Waals surface area contributed by atoms with Gasteiger partial charge in [0.15, 0.2) is 0 Å². The van der Waals surface area contributed by atoms with E-state index < -0.39 is 12.2 Å². The molecule has 0 aliphatic carbocycles. The first-order valence-corrected chi connectivity index (χ1v) is 7.37. The van der Waals surface area contributed by atoms with Crippen molar-refractivity contribution in [1.29, 1.82) is 0 Å². The molecule has 0 bridgehead atoms. The molecule has 2 aromatic rings. The average Bonchev–Trinajstić information content (AvgIpc) is 2.95. The van der Waals surface area contributed by atoms with Crippen molar-refractivity contribution in [2.75, 3.05) is 20.5 Å². The van der Waals surface area contributed by atoms with Crippen molar-refractivity contribution in [1.82, 2.24) is 14.9 Å². The van der Waals surface area contributed by atoms with Gasteiger partial charge in [0.2, 0.25) is 11.0 Å². The number of nitrogens with zero attached hydrogens (tertiary/aromatic N) is 4. The second kappa shape index (κ2) is 7.21. The number of rotatable bonds is 6. The minimum atomic E-state index is -2.76. The summed E-state index contributed by atoms with van der Waals surface area (Å²) in [7, 11) is 3.04. The zero-order valence-electron chi connectivity index (χ0n) is 12.2. The highest BCUT2D eigenvalue weighted by Gasteiger charge is 2.19. The molecule has 0 atom stereocenters. The highest BCUT2D eigenvalue weighted by Crippen LogP contribution is 2.24. The topological polar surface area (TPSA) is 61.5 Å². The highest BCUT2D eigenvalue weighted by atomic mass is 32.2. The Morgan fingerprint density at radius 3 is 2.64 bits per heavy atom. The number of alkyl halides is 2. The minimum absolute atomic E-state index is 0.277. The maximum absolute atomic E-state index is 12.9. The summed E-state index contributed by atoms with van der Waals surface area (Å²) in [5.74, 6) is 0.630. The minimum Gasteiger partial charge on any atom is -0.497 e. The molecule has 1 aromatic carbocycles. The number of thioether (sulfide) groups is 1. The van der Waals surface area contributed by atoms with E-state index in [0.717, 1.165) is 4.68 Å². The molecule has 6 nitrogen and oxygen atoms in total. The molecule has 0 saturated heterocycles. The van der Waals surface area contributed by atoms with E-state index in [2.05, 4.69) is 15.3 Å². The molecule has 0 aliphatic heterocycles. The van der Waals surface area contributed by atoms with Crippen molar-refractivity contribution in [3.8, 4) is 11.5 Å². The lowest BCUT2D eigenvalue weighted by Crippen LogP contribution is -2.01. The lowest BCUT2D eigenvalue weighted by Gasteiger charge is -2.07. The van der Waals surface area contributed by atoms with Gasteiger partial charge >= 0.3 is 0 Å². The Balaban J connectivity index is 2.38. The van der Waals surface area contributed by atoms with Gasteiger partial charge in [-0.15, -0.1) is 10.2 Å². The zero-order chi connectivity index (χ0) is 16.1. The zero-order valence-corrected chi connectivity index (χ0v) is 13.0. The third-order valence-electron chi connectivity index (χ3n) is 2.77. The molecule has 22 heavy (non-hydrogen) atoms. The molecule has 0 amide bonds. The van der Waals surface area contributed by atoms with E-state index in [1.165, 1.54) is 25.1 Å². The first-order chi connectivity index (χ1) is 10.6. The second-order valence-corrected chi connectivity index (χ2v) is 4.78. The summed E-state index contributed by atoms with van der Waals surface area (Å²) in [4.78, 5) is 0. The van der Waals surface area contributed by atoms with Gasteiger partial charge in [0.1, 0.15) is 11.5 Å². The second-order valence-electron chi connectivity index (χ2n) is 4.01. The maximum Gasteiger partial charge on any atom is 0.299 e. The predicted octanol–water partition coefficient (Wildman–Crippen LogP) is 2.84. The molecule has 9 heteroatoms. The molecule has 0 saturated carbocycles. The summed E-state index contributed by atoms with van der Waals surface area (Å²) < 4.78 is 37.1. The fourth-order valence-corrected chi connectivity index (χ4v) is 2.13. The van der Waals surface area contributed by atoms with Crippen molar-refractivity contribution >= 4 is 18.0 Å². The van der Waals surface area contributed by atoms with E-state index >= 15 is 0 Å². The third kappa shape index (κ3) is 3.35. The Morgan fingerprint density at radius 1 is 1.27 bits per heavy atom. The lowest BCUT2D eigenvalue weighted by molar-refractivity contribution is 0.135. The number of halogens is 2. The normalized spacial score (nSPS) is 11.4. The van der Waals surface area contributed by atoms with Gasteiger partial charge in [0.25, 0.3) is 6.43 Å². The average molecular weight is 328 g/mol. The Kier molecular flexibility index (Phi) is 5.31. The van der Waals surface area contributed by atoms with Crippen LogP contribution in [0.25, 0.3) is 0 Å². The van der Waals surface area contributed by atoms with Gasteiger partial charge < -0.3 is 9.47 Å². The monoisotopic (exact) mass is 328 g/mol. The van der Waals surface area contributed by atoms with Crippen LogP contribution in [-0.2, 0) is 0 Å². The number of ether oxygens (including phenoxy) is 2. The van der Waals surface area contributed by atoms with E-state index in [4.69, 9.17) is 9.47 Å². The van der Waals surface area contributed by atoms with Crippen LogP contribution in [0.4, 0.5) is 8.78 Å². The molecular formula is C13H14F2N4O2S. The van der Waals surface area contributed by atoms with Gasteiger partial charge in [-0.3, -0.25) is 0 Å². The van der Waals surface area contributed by atoms with E-state index in [0.29, 0.717) is 17.1 Å². The summed E-state index contributed by atoms with van der Waals surface area (Å²) in [6.07, 6.45) is 0.357. The lowest BCUT2D eigenvalue weighted by atomic mass is 10.2. The highest BCUT2D eigenvalue weighted by molar-refractivity contribution is 7.98. The summed E-state index contributed by atoms with van der Waals surface area (Å²) in [5, 5.41) is 11.4. The summed E-state index contributed by atoms with van der Waals surface area (Å²) in [6, 6.07) is 5.11. The first kappa shape index (κ1) is 16.2. The van der Waals surface area contributed by atoms with Crippen LogP contribution in [0.3, 0.4) is 0 Å². The van der Waals surface area contributed by atoms with Gasteiger partial charge in [-0.2, -0.15) is 9.78 Å². The van der Waals surface area contributed by atoms with Crippen molar-refractivity contribution in [3.63, 3.8) is 0 Å². The van der Waals surface area contributed by atoms with Gasteiger partial charge in [0, 0.05) is 11.6 Å². The SMILES string of the molecule is COc1ccc(/C=N/n2c(SC)nnc2C(F)F)c(OC)c1. The first-order valence-electron chi connectivity index (χ1n) is 6.14. The molecule has 1 aromatic heterocycles. The van der Waals surface area contributed by atoms with Crippen LogP contribution in [0, 0.1) is 0 Å². The molecule has 1 heterocycles. The molecule has 0 unspecified atom stereocenters. The molecule has 0 aliphatic rings. The molecule has 0 N–H and O–H groups in total. The molecule has 0 spiro atoms. The number of methoxy groups -OCH3 is 2. The van der Waals surface area contributed by atoms with Crippen molar-refractivity contribution in [2.45, 2.75) is 11.6 Å².